The van der Waals surface area contributed by atoms with E-state index in [4.69, 9.17) is 15.6 Å². The van der Waals surface area contributed by atoms with Crippen LogP contribution in [0.15, 0.2) is 12.1 Å². The molecular formula is C22H33N3O6S. The molecule has 1 rings (SSSR count). The van der Waals surface area contributed by atoms with Gasteiger partial charge in [-0.2, -0.15) is 12.6 Å². The monoisotopic (exact) mass is 467 g/mol. The molecule has 2 unspecified atom stereocenters. The highest BCUT2D eigenvalue weighted by molar-refractivity contribution is 7.80. The molecule has 178 valence electrons. The Hall–Kier alpha value is -2.59. The first-order valence-electron chi connectivity index (χ1n) is 10.6. The first-order chi connectivity index (χ1) is 15.1. The van der Waals surface area contributed by atoms with E-state index in [-0.39, 0.29) is 25.1 Å². The van der Waals surface area contributed by atoms with Crippen LogP contribution >= 0.6 is 12.6 Å². The second-order valence-corrected chi connectivity index (χ2v) is 7.92. The summed E-state index contributed by atoms with van der Waals surface area (Å²) in [5.41, 5.74) is 8.52. The zero-order chi connectivity index (χ0) is 24.3. The molecule has 2 atom stereocenters. The number of carbonyl (C=O) groups excluding carboxylic acids is 3. The van der Waals surface area contributed by atoms with Gasteiger partial charge in [0.05, 0.1) is 0 Å². The molecule has 1 aromatic carbocycles. The smallest absolute Gasteiger partial charge is 0.330 e. The van der Waals surface area contributed by atoms with Gasteiger partial charge < -0.3 is 26.2 Å². The first kappa shape index (κ1) is 27.4. The van der Waals surface area contributed by atoms with Crippen molar-refractivity contribution in [2.24, 2.45) is 5.73 Å². The molecule has 9 nitrogen and oxygen atoms in total. The van der Waals surface area contributed by atoms with Crippen LogP contribution in [0.1, 0.15) is 49.3 Å². The number of hydrogen-bond donors (Lipinski definition) is 5. The summed E-state index contributed by atoms with van der Waals surface area (Å²) in [6.45, 7) is 5.63. The van der Waals surface area contributed by atoms with Gasteiger partial charge >= 0.3 is 11.9 Å². The number of unbranched alkanes of at least 4 members (excludes halogenated alkanes) is 1. The number of esters is 1. The van der Waals surface area contributed by atoms with Crippen molar-refractivity contribution in [2.75, 3.05) is 12.3 Å². The predicted octanol–water partition coefficient (Wildman–Crippen LogP) is 1.27. The lowest BCUT2D eigenvalue weighted by Crippen LogP contribution is -2.49. The summed E-state index contributed by atoms with van der Waals surface area (Å²) < 4.78 is 5.39. The van der Waals surface area contributed by atoms with Gasteiger partial charge in [-0.3, -0.25) is 14.4 Å². The van der Waals surface area contributed by atoms with E-state index in [2.05, 4.69) is 30.2 Å². The molecule has 0 spiro atoms. The molecular weight excluding hydrogens is 434 g/mol. The fourth-order valence-electron chi connectivity index (χ4n) is 2.91. The Morgan fingerprint density at radius 2 is 1.88 bits per heavy atom. The molecule has 5 N–H and O–H groups in total. The van der Waals surface area contributed by atoms with Gasteiger partial charge in [-0.05, 0) is 55.9 Å². The second kappa shape index (κ2) is 13.7. The summed E-state index contributed by atoms with van der Waals surface area (Å²) in [4.78, 5) is 47.1. The number of aliphatic carboxylic acids is 1. The minimum Gasteiger partial charge on any atom is -0.480 e. The van der Waals surface area contributed by atoms with Crippen molar-refractivity contribution in [3.05, 3.63) is 28.8 Å². The van der Waals surface area contributed by atoms with Gasteiger partial charge in [-0.15, -0.1) is 0 Å². The Balaban J connectivity index is 2.56. The lowest BCUT2D eigenvalue weighted by Gasteiger charge is -2.17. The van der Waals surface area contributed by atoms with Crippen LogP contribution in [0, 0.1) is 13.8 Å². The van der Waals surface area contributed by atoms with Crippen LogP contribution in [0.4, 0.5) is 0 Å². The van der Waals surface area contributed by atoms with E-state index in [1.165, 1.54) is 5.56 Å². The number of carbonyl (C=O) groups is 4. The standard InChI is InChI=1S/C22H33N3O6S/c1-4-5-6-15-7-9-18(14(3)13(15)2)31-20(27)11-24-21(28)17(12-32)25-19(26)10-8-16(23)22(29)30/h7,9,16-17,32H,4-6,8,10-12,23H2,1-3H3,(H,24,28)(H,25,26)(H,29,30). The number of aryl methyl sites for hydroxylation is 1. The largest absolute Gasteiger partial charge is 0.480 e. The summed E-state index contributed by atoms with van der Waals surface area (Å²) in [5, 5.41) is 13.6. The Morgan fingerprint density at radius 3 is 2.47 bits per heavy atom. The van der Waals surface area contributed by atoms with Gasteiger partial charge in [0.1, 0.15) is 24.4 Å². The number of carboxylic acid groups (broad SMARTS) is 1. The fourth-order valence-corrected chi connectivity index (χ4v) is 3.17. The molecule has 0 aliphatic carbocycles. The summed E-state index contributed by atoms with van der Waals surface area (Å²) in [6, 6.07) is 1.56. The van der Waals surface area contributed by atoms with Crippen molar-refractivity contribution >= 4 is 36.4 Å². The molecule has 0 saturated heterocycles. The average Bonchev–Trinajstić information content (AvgIpc) is 2.76. The number of hydrogen-bond acceptors (Lipinski definition) is 7. The number of benzene rings is 1. The number of carboxylic acids is 1. The number of nitrogens with two attached hydrogens (primary N) is 1. The van der Waals surface area contributed by atoms with Gasteiger partial charge in [-0.1, -0.05) is 19.4 Å². The summed E-state index contributed by atoms with van der Waals surface area (Å²) in [7, 11) is 0. The molecule has 10 heteroatoms. The van der Waals surface area contributed by atoms with Crippen molar-refractivity contribution in [1.82, 2.24) is 10.6 Å². The Morgan fingerprint density at radius 1 is 1.19 bits per heavy atom. The van der Waals surface area contributed by atoms with Crippen molar-refractivity contribution < 1.29 is 29.0 Å². The lowest BCUT2D eigenvalue weighted by atomic mass is 9.98. The molecule has 0 aliphatic heterocycles. The van der Waals surface area contributed by atoms with E-state index in [9.17, 15) is 19.2 Å². The molecule has 0 aromatic heterocycles. The topological polar surface area (TPSA) is 148 Å². The van der Waals surface area contributed by atoms with Crippen LogP contribution in [-0.4, -0.2) is 53.2 Å². The Labute approximate surface area is 193 Å². The molecule has 1 aromatic rings. The van der Waals surface area contributed by atoms with Crippen molar-refractivity contribution in [2.45, 2.75) is 65.0 Å². The molecule has 0 radical (unpaired) electrons. The molecule has 0 heterocycles. The van der Waals surface area contributed by atoms with Crippen molar-refractivity contribution in [3.8, 4) is 5.75 Å². The number of nitrogens with one attached hydrogen (secondary N) is 2. The quantitative estimate of drug-likeness (QED) is 0.167. The van der Waals surface area contributed by atoms with Crippen molar-refractivity contribution in [3.63, 3.8) is 0 Å². The van der Waals surface area contributed by atoms with E-state index >= 15 is 0 Å². The predicted molar refractivity (Wildman–Crippen MR) is 124 cm³/mol. The molecule has 32 heavy (non-hydrogen) atoms. The molecule has 0 saturated carbocycles. The highest BCUT2D eigenvalue weighted by atomic mass is 32.1. The third-order valence-electron chi connectivity index (χ3n) is 5.11. The molecule has 0 aliphatic rings. The maximum absolute atomic E-state index is 12.3. The van der Waals surface area contributed by atoms with Crippen LogP contribution in [0.5, 0.6) is 5.75 Å². The van der Waals surface area contributed by atoms with Gasteiger partial charge in [-0.25, -0.2) is 4.79 Å². The van der Waals surface area contributed by atoms with Crippen LogP contribution < -0.4 is 21.1 Å². The lowest BCUT2D eigenvalue weighted by molar-refractivity contribution is -0.139. The molecule has 0 fully saturated rings. The average molecular weight is 468 g/mol. The van der Waals surface area contributed by atoms with E-state index in [0.29, 0.717) is 5.75 Å². The normalized spacial score (nSPS) is 12.5. The first-order valence-corrected chi connectivity index (χ1v) is 11.2. The number of amides is 2. The van der Waals surface area contributed by atoms with Crippen molar-refractivity contribution in [1.29, 1.82) is 0 Å². The second-order valence-electron chi connectivity index (χ2n) is 7.55. The van der Waals surface area contributed by atoms with Crippen LogP contribution in [-0.2, 0) is 25.6 Å². The van der Waals surface area contributed by atoms with E-state index < -0.39 is 35.8 Å². The zero-order valence-electron chi connectivity index (χ0n) is 18.8. The SMILES string of the molecule is CCCCc1ccc(OC(=O)CNC(=O)C(CS)NC(=O)CCC(N)C(=O)O)c(C)c1C. The minimum atomic E-state index is -1.21. The zero-order valence-corrected chi connectivity index (χ0v) is 19.7. The van der Waals surface area contributed by atoms with Crippen LogP contribution in [0.25, 0.3) is 0 Å². The number of rotatable bonds is 13. The third kappa shape index (κ3) is 8.88. The number of ether oxygens (including phenoxy) is 1. The van der Waals surface area contributed by atoms with Gasteiger partial charge in [0, 0.05) is 12.2 Å². The van der Waals surface area contributed by atoms with E-state index in [1.807, 2.05) is 19.9 Å². The van der Waals surface area contributed by atoms with Crippen LogP contribution in [0.3, 0.4) is 0 Å². The summed E-state index contributed by atoms with van der Waals surface area (Å²) in [6.07, 6.45) is 2.93. The van der Waals surface area contributed by atoms with Gasteiger partial charge in [0.2, 0.25) is 11.8 Å². The fraction of sp³-hybridized carbons (Fsp3) is 0.545. The molecule has 0 bridgehead atoms. The highest BCUT2D eigenvalue weighted by Crippen LogP contribution is 2.25. The maximum Gasteiger partial charge on any atom is 0.330 e. The van der Waals surface area contributed by atoms with Crippen LogP contribution in [0.2, 0.25) is 0 Å². The third-order valence-corrected chi connectivity index (χ3v) is 5.48. The Bertz CT molecular complexity index is 830. The van der Waals surface area contributed by atoms with Gasteiger partial charge in [0.25, 0.3) is 0 Å². The minimum absolute atomic E-state index is 0.00483. The molecule has 2 amide bonds. The summed E-state index contributed by atoms with van der Waals surface area (Å²) >= 11 is 4.04. The highest BCUT2D eigenvalue weighted by Gasteiger charge is 2.21. The number of thiol groups is 1. The summed E-state index contributed by atoms with van der Waals surface area (Å²) in [5.74, 6) is -2.55. The Kier molecular flexibility index (Phi) is 11.8. The van der Waals surface area contributed by atoms with Gasteiger partial charge in [0.15, 0.2) is 0 Å². The maximum atomic E-state index is 12.3. The van der Waals surface area contributed by atoms with E-state index in [0.717, 1.165) is 30.4 Å². The van der Waals surface area contributed by atoms with E-state index in [1.54, 1.807) is 6.07 Å².